The van der Waals surface area contributed by atoms with Crippen molar-refractivity contribution < 1.29 is 19.4 Å². The van der Waals surface area contributed by atoms with Crippen LogP contribution in [-0.4, -0.2) is 29.9 Å². The van der Waals surface area contributed by atoms with Gasteiger partial charge < -0.3 is 14.6 Å². The quantitative estimate of drug-likeness (QED) is 0.550. The molecule has 0 aromatic heterocycles. The van der Waals surface area contributed by atoms with Crippen LogP contribution in [0.25, 0.3) is 0 Å². The van der Waals surface area contributed by atoms with Gasteiger partial charge in [0, 0.05) is 0 Å². The Hall–Kier alpha value is -1.55. The Balaban J connectivity index is 1.48. The third-order valence-corrected chi connectivity index (χ3v) is 3.37. The minimum absolute atomic E-state index is 0.374. The largest absolute Gasteiger partial charge is 0.494 e. The first kappa shape index (κ1) is 13.9. The third-order valence-electron chi connectivity index (χ3n) is 3.37. The summed E-state index contributed by atoms with van der Waals surface area (Å²) in [7, 11) is 0. The van der Waals surface area contributed by atoms with Crippen molar-refractivity contribution in [1.29, 1.82) is 0 Å². The highest BCUT2D eigenvalue weighted by Gasteiger charge is 2.51. The Morgan fingerprint density at radius 2 is 1.89 bits per heavy atom. The van der Waals surface area contributed by atoms with Gasteiger partial charge in [0.1, 0.15) is 5.75 Å². The normalized spacial score (nSPS) is 21.1. The van der Waals surface area contributed by atoms with E-state index in [1.807, 2.05) is 30.3 Å². The van der Waals surface area contributed by atoms with Crippen molar-refractivity contribution in [2.24, 2.45) is 0 Å². The maximum Gasteiger partial charge on any atom is 0.338 e. The van der Waals surface area contributed by atoms with E-state index in [-0.39, 0.29) is 0 Å². The monoisotopic (exact) mass is 264 g/mol. The van der Waals surface area contributed by atoms with Gasteiger partial charge in [-0.15, -0.1) is 0 Å². The summed E-state index contributed by atoms with van der Waals surface area (Å²) in [6.45, 7) is 1.09. The molecule has 104 valence electrons. The van der Waals surface area contributed by atoms with Crippen molar-refractivity contribution in [2.75, 3.05) is 13.2 Å². The number of hydrogen-bond donors (Lipinski definition) is 1. The van der Waals surface area contributed by atoms with Gasteiger partial charge in [0.05, 0.1) is 13.2 Å². The fourth-order valence-electron chi connectivity index (χ4n) is 2.03. The molecule has 1 unspecified atom stereocenters. The van der Waals surface area contributed by atoms with Crippen LogP contribution in [0.15, 0.2) is 30.3 Å². The van der Waals surface area contributed by atoms with E-state index in [4.69, 9.17) is 14.6 Å². The molecule has 2 rings (SSSR count). The molecule has 1 aliphatic rings. The lowest BCUT2D eigenvalue weighted by atomic mass is 10.0. The van der Waals surface area contributed by atoms with Gasteiger partial charge in [-0.05, 0) is 31.4 Å². The Bertz CT molecular complexity index is 398. The SMILES string of the molecule is O=C(O)C1(CCCCCCOc2ccccc2)CO1. The van der Waals surface area contributed by atoms with Crippen molar-refractivity contribution in [3.8, 4) is 5.75 Å². The fourth-order valence-corrected chi connectivity index (χ4v) is 2.03. The van der Waals surface area contributed by atoms with Gasteiger partial charge in [-0.25, -0.2) is 4.79 Å². The molecule has 1 fully saturated rings. The lowest BCUT2D eigenvalue weighted by Crippen LogP contribution is -2.23. The number of hydrogen-bond acceptors (Lipinski definition) is 3. The third kappa shape index (κ3) is 4.24. The van der Waals surface area contributed by atoms with Crippen LogP contribution in [0.3, 0.4) is 0 Å². The smallest absolute Gasteiger partial charge is 0.338 e. The van der Waals surface area contributed by atoms with Crippen LogP contribution in [-0.2, 0) is 9.53 Å². The summed E-state index contributed by atoms with van der Waals surface area (Å²) in [5, 5.41) is 8.93. The van der Waals surface area contributed by atoms with Crippen LogP contribution in [0.5, 0.6) is 5.75 Å². The first-order valence-corrected chi connectivity index (χ1v) is 6.78. The number of epoxide rings is 1. The zero-order valence-electron chi connectivity index (χ0n) is 11.0. The van der Waals surface area contributed by atoms with Crippen LogP contribution >= 0.6 is 0 Å². The van der Waals surface area contributed by atoms with E-state index in [2.05, 4.69) is 0 Å². The maximum absolute atomic E-state index is 10.9. The van der Waals surface area contributed by atoms with Gasteiger partial charge in [0.2, 0.25) is 0 Å². The second-order valence-electron chi connectivity index (χ2n) is 4.91. The average Bonchev–Trinajstić information content (AvgIpc) is 3.20. The molecule has 1 aromatic carbocycles. The first-order chi connectivity index (χ1) is 9.23. The number of carbonyl (C=O) groups is 1. The van der Waals surface area contributed by atoms with Gasteiger partial charge >= 0.3 is 5.97 Å². The molecule has 0 bridgehead atoms. The summed E-state index contributed by atoms with van der Waals surface area (Å²) in [6, 6.07) is 9.76. The molecule has 0 radical (unpaired) electrons. The van der Waals surface area contributed by atoms with E-state index < -0.39 is 11.6 Å². The summed E-state index contributed by atoms with van der Waals surface area (Å²) in [4.78, 5) is 10.9. The summed E-state index contributed by atoms with van der Waals surface area (Å²) in [6.07, 6.45) is 4.61. The molecule has 0 aliphatic carbocycles. The van der Waals surface area contributed by atoms with Gasteiger partial charge in [-0.3, -0.25) is 0 Å². The molecule has 4 nitrogen and oxygen atoms in total. The molecule has 0 amide bonds. The Morgan fingerprint density at radius 1 is 1.21 bits per heavy atom. The van der Waals surface area contributed by atoms with Crippen molar-refractivity contribution in [3.63, 3.8) is 0 Å². The van der Waals surface area contributed by atoms with E-state index in [0.29, 0.717) is 19.6 Å². The molecule has 1 saturated heterocycles. The van der Waals surface area contributed by atoms with Gasteiger partial charge in [0.25, 0.3) is 0 Å². The van der Waals surface area contributed by atoms with E-state index in [1.54, 1.807) is 0 Å². The van der Waals surface area contributed by atoms with Crippen LogP contribution in [0.2, 0.25) is 0 Å². The highest BCUT2D eigenvalue weighted by atomic mass is 16.6. The molecule has 1 N–H and O–H groups in total. The second-order valence-corrected chi connectivity index (χ2v) is 4.91. The summed E-state index contributed by atoms with van der Waals surface area (Å²) < 4.78 is 10.6. The van der Waals surface area contributed by atoms with Crippen LogP contribution in [0.1, 0.15) is 32.1 Å². The summed E-state index contributed by atoms with van der Waals surface area (Å²) >= 11 is 0. The Morgan fingerprint density at radius 3 is 2.53 bits per heavy atom. The zero-order valence-corrected chi connectivity index (χ0v) is 11.0. The van der Waals surface area contributed by atoms with Gasteiger partial charge in [-0.1, -0.05) is 31.0 Å². The zero-order chi connectivity index (χ0) is 13.6. The molecular weight excluding hydrogens is 244 g/mol. The van der Waals surface area contributed by atoms with Crippen LogP contribution in [0, 0.1) is 0 Å². The number of unbranched alkanes of at least 4 members (excludes halogenated alkanes) is 3. The fraction of sp³-hybridized carbons (Fsp3) is 0.533. The van der Waals surface area contributed by atoms with E-state index in [9.17, 15) is 4.79 Å². The summed E-state index contributed by atoms with van der Waals surface area (Å²) in [5.41, 5.74) is -0.847. The lowest BCUT2D eigenvalue weighted by molar-refractivity contribution is -0.143. The molecular formula is C15H20O4. The van der Waals surface area contributed by atoms with Gasteiger partial charge in [0.15, 0.2) is 5.60 Å². The van der Waals surface area contributed by atoms with Crippen LogP contribution in [0.4, 0.5) is 0 Å². The minimum atomic E-state index is -0.847. The highest BCUT2D eigenvalue weighted by Crippen LogP contribution is 2.33. The maximum atomic E-state index is 10.9. The second kappa shape index (κ2) is 6.57. The number of benzene rings is 1. The molecule has 19 heavy (non-hydrogen) atoms. The molecule has 4 heteroatoms. The predicted octanol–water partition coefficient (Wildman–Crippen LogP) is 2.87. The predicted molar refractivity (Wildman–Crippen MR) is 71.3 cm³/mol. The van der Waals surface area contributed by atoms with Crippen LogP contribution < -0.4 is 4.74 Å². The lowest BCUT2D eigenvalue weighted by Gasteiger charge is -2.07. The number of carboxylic acid groups (broad SMARTS) is 1. The minimum Gasteiger partial charge on any atom is -0.494 e. The van der Waals surface area contributed by atoms with E-state index in [1.165, 1.54) is 0 Å². The van der Waals surface area contributed by atoms with Crippen molar-refractivity contribution in [3.05, 3.63) is 30.3 Å². The standard InChI is InChI=1S/C15H20O4/c16-14(17)15(12-19-15)10-6-1-2-7-11-18-13-8-4-3-5-9-13/h3-5,8-9H,1-2,6-7,10-12H2,(H,16,17). The van der Waals surface area contributed by atoms with Crippen molar-refractivity contribution in [2.45, 2.75) is 37.7 Å². The van der Waals surface area contributed by atoms with Crippen molar-refractivity contribution in [1.82, 2.24) is 0 Å². The number of aliphatic carboxylic acids is 1. The highest BCUT2D eigenvalue weighted by molar-refractivity contribution is 5.80. The molecule has 1 atom stereocenters. The molecule has 0 saturated carbocycles. The number of carboxylic acids is 1. The number of para-hydroxylation sites is 1. The Labute approximate surface area is 113 Å². The number of rotatable bonds is 9. The average molecular weight is 264 g/mol. The summed E-state index contributed by atoms with van der Waals surface area (Å²) in [5.74, 6) is 0.0821. The molecule has 0 spiro atoms. The molecule has 1 aromatic rings. The molecule has 1 aliphatic heterocycles. The van der Waals surface area contributed by atoms with E-state index in [0.717, 1.165) is 31.4 Å². The number of ether oxygens (including phenoxy) is 2. The topological polar surface area (TPSA) is 59.1 Å². The van der Waals surface area contributed by atoms with Gasteiger partial charge in [-0.2, -0.15) is 0 Å². The molecule has 1 heterocycles. The van der Waals surface area contributed by atoms with Crippen molar-refractivity contribution >= 4 is 5.97 Å². The van der Waals surface area contributed by atoms with E-state index >= 15 is 0 Å². The Kier molecular flexibility index (Phi) is 4.80. The first-order valence-electron chi connectivity index (χ1n) is 6.78.